The van der Waals surface area contributed by atoms with Gasteiger partial charge < -0.3 is 15.5 Å². The molecule has 0 radical (unpaired) electrons. The Hall–Kier alpha value is -1.88. The zero-order valence-corrected chi connectivity index (χ0v) is 17.8. The van der Waals surface area contributed by atoms with Crippen molar-refractivity contribution in [3.8, 4) is 0 Å². The molecule has 4 saturated carbocycles. The van der Waals surface area contributed by atoms with Crippen LogP contribution in [0.25, 0.3) is 0 Å². The van der Waals surface area contributed by atoms with Crippen molar-refractivity contribution in [1.29, 1.82) is 0 Å². The van der Waals surface area contributed by atoms with Gasteiger partial charge in [-0.05, 0) is 81.4 Å². The Balaban J connectivity index is 1.28. The third-order valence-electron chi connectivity index (χ3n) is 7.23. The Morgan fingerprint density at radius 2 is 1.59 bits per heavy atom. The summed E-state index contributed by atoms with van der Waals surface area (Å²) in [4.78, 5) is 27.3. The molecule has 29 heavy (non-hydrogen) atoms. The maximum atomic E-state index is 12.7. The maximum absolute atomic E-state index is 12.7. The average molecular weight is 398 g/mol. The molecule has 158 valence electrons. The van der Waals surface area contributed by atoms with E-state index in [4.69, 9.17) is 0 Å². The van der Waals surface area contributed by atoms with Gasteiger partial charge in [-0.2, -0.15) is 0 Å². The normalized spacial score (nSPS) is 30.9. The van der Waals surface area contributed by atoms with Crippen LogP contribution in [-0.4, -0.2) is 43.9 Å². The van der Waals surface area contributed by atoms with Crippen LogP contribution in [0.1, 0.15) is 56.6 Å². The number of amides is 2. The van der Waals surface area contributed by atoms with Crippen LogP contribution in [0.2, 0.25) is 0 Å². The molecule has 0 saturated heterocycles. The molecule has 4 aliphatic rings. The topological polar surface area (TPSA) is 61.4 Å². The van der Waals surface area contributed by atoms with E-state index < -0.39 is 0 Å². The maximum Gasteiger partial charge on any atom is 0.239 e. The fourth-order valence-corrected chi connectivity index (χ4v) is 6.62. The molecule has 0 aromatic heterocycles. The predicted octanol–water partition coefficient (Wildman–Crippen LogP) is 3.13. The molecule has 0 aliphatic heterocycles. The lowest BCUT2D eigenvalue weighted by Crippen LogP contribution is -2.48. The van der Waals surface area contributed by atoms with Crippen LogP contribution in [0.5, 0.6) is 0 Å². The first-order chi connectivity index (χ1) is 13.9. The zero-order chi connectivity index (χ0) is 20.4. The first-order valence-corrected chi connectivity index (χ1v) is 11.2. The molecule has 5 heteroatoms. The number of rotatable bonds is 8. The lowest BCUT2D eigenvalue weighted by atomic mass is 9.49. The van der Waals surface area contributed by atoms with Gasteiger partial charge in [-0.3, -0.25) is 9.59 Å². The second kappa shape index (κ2) is 8.47. The Labute approximate surface area is 174 Å². The summed E-state index contributed by atoms with van der Waals surface area (Å²) in [6, 6.07) is 9.91. The van der Waals surface area contributed by atoms with E-state index in [1.807, 2.05) is 44.4 Å². The molecule has 4 fully saturated rings. The number of nitrogens with zero attached hydrogens (tertiary/aromatic N) is 1. The van der Waals surface area contributed by atoms with Crippen molar-refractivity contribution >= 4 is 11.8 Å². The zero-order valence-electron chi connectivity index (χ0n) is 17.8. The number of benzene rings is 1. The highest BCUT2D eigenvalue weighted by Crippen LogP contribution is 2.61. The molecule has 0 unspecified atom stereocenters. The standard InChI is InChI=1S/C24H35N3O2/c1-27(2)16-21(20-6-4-3-5-7-20)26-23(29)15-25-22(28)14-24-11-17-8-18(12-24)10-19(9-17)13-24/h3-7,17-19,21H,8-16H2,1-2H3,(H,25,28)(H,26,29)/t17?,18?,19?,21-,24?/m0/s1. The van der Waals surface area contributed by atoms with Gasteiger partial charge in [0.2, 0.25) is 11.8 Å². The fraction of sp³-hybridized carbons (Fsp3) is 0.667. The van der Waals surface area contributed by atoms with Crippen LogP contribution in [0.15, 0.2) is 30.3 Å². The predicted molar refractivity (Wildman–Crippen MR) is 114 cm³/mol. The molecule has 5 nitrogen and oxygen atoms in total. The van der Waals surface area contributed by atoms with Gasteiger partial charge in [0.25, 0.3) is 0 Å². The Kier molecular flexibility index (Phi) is 5.95. The number of hydrogen-bond acceptors (Lipinski definition) is 3. The second-order valence-corrected chi connectivity index (χ2v) is 10.2. The molecule has 0 heterocycles. The summed E-state index contributed by atoms with van der Waals surface area (Å²) >= 11 is 0. The van der Waals surface area contributed by atoms with Crippen molar-refractivity contribution in [3.05, 3.63) is 35.9 Å². The van der Waals surface area contributed by atoms with Crippen LogP contribution >= 0.6 is 0 Å². The van der Waals surface area contributed by atoms with E-state index >= 15 is 0 Å². The molecule has 1 aromatic rings. The Morgan fingerprint density at radius 1 is 1.00 bits per heavy atom. The minimum absolute atomic E-state index is 0.0472. The third kappa shape index (κ3) is 5.00. The average Bonchev–Trinajstić information content (AvgIpc) is 2.65. The van der Waals surface area contributed by atoms with Crippen LogP contribution in [0.3, 0.4) is 0 Å². The molecule has 2 amide bonds. The van der Waals surface area contributed by atoms with E-state index in [2.05, 4.69) is 15.5 Å². The summed E-state index contributed by atoms with van der Waals surface area (Å²) in [6.45, 7) is 0.777. The van der Waals surface area contributed by atoms with Crippen molar-refractivity contribution in [2.24, 2.45) is 23.2 Å². The summed E-state index contributed by atoms with van der Waals surface area (Å²) in [5, 5.41) is 5.99. The van der Waals surface area contributed by atoms with Crippen LogP contribution in [-0.2, 0) is 9.59 Å². The SMILES string of the molecule is CN(C)C[C@H](NC(=O)CNC(=O)CC12CC3CC(CC(C3)C1)C2)c1ccccc1. The molecule has 1 atom stereocenters. The summed E-state index contributed by atoms with van der Waals surface area (Å²) in [6.07, 6.45) is 8.41. The molecule has 1 aromatic carbocycles. The van der Waals surface area contributed by atoms with Crippen LogP contribution in [0, 0.1) is 23.2 Å². The second-order valence-electron chi connectivity index (χ2n) is 10.2. The number of carbonyl (C=O) groups is 2. The molecule has 4 aliphatic carbocycles. The molecular weight excluding hydrogens is 362 g/mol. The largest absolute Gasteiger partial charge is 0.347 e. The number of carbonyl (C=O) groups excluding carboxylic acids is 2. The molecular formula is C24H35N3O2. The summed E-state index contributed by atoms with van der Waals surface area (Å²) in [5.41, 5.74) is 1.29. The minimum atomic E-state index is -0.125. The van der Waals surface area contributed by atoms with E-state index in [-0.39, 0.29) is 29.8 Å². The van der Waals surface area contributed by atoms with Crippen molar-refractivity contribution in [1.82, 2.24) is 15.5 Å². The Morgan fingerprint density at radius 3 is 2.14 bits per heavy atom. The van der Waals surface area contributed by atoms with Gasteiger partial charge in [0.1, 0.15) is 0 Å². The lowest BCUT2D eigenvalue weighted by Gasteiger charge is -2.56. The highest BCUT2D eigenvalue weighted by Gasteiger charge is 2.51. The lowest BCUT2D eigenvalue weighted by molar-refractivity contribution is -0.132. The van der Waals surface area contributed by atoms with Crippen LogP contribution in [0.4, 0.5) is 0 Å². The van der Waals surface area contributed by atoms with E-state index in [1.54, 1.807) is 0 Å². The van der Waals surface area contributed by atoms with Crippen molar-refractivity contribution in [2.45, 2.75) is 51.0 Å². The van der Waals surface area contributed by atoms with E-state index in [0.29, 0.717) is 6.42 Å². The highest BCUT2D eigenvalue weighted by molar-refractivity contribution is 5.85. The smallest absolute Gasteiger partial charge is 0.239 e. The van der Waals surface area contributed by atoms with Gasteiger partial charge >= 0.3 is 0 Å². The molecule has 2 N–H and O–H groups in total. The molecule has 0 spiro atoms. The van der Waals surface area contributed by atoms with Crippen molar-refractivity contribution in [3.63, 3.8) is 0 Å². The first-order valence-electron chi connectivity index (χ1n) is 11.2. The quantitative estimate of drug-likeness (QED) is 0.708. The van der Waals surface area contributed by atoms with E-state index in [0.717, 1.165) is 29.9 Å². The number of likely N-dealkylation sites (N-methyl/N-ethyl adjacent to an activating group) is 1. The van der Waals surface area contributed by atoms with Gasteiger partial charge in [0, 0.05) is 13.0 Å². The Bertz CT molecular complexity index is 696. The minimum Gasteiger partial charge on any atom is -0.347 e. The monoisotopic (exact) mass is 397 g/mol. The van der Waals surface area contributed by atoms with Gasteiger partial charge in [-0.1, -0.05) is 30.3 Å². The van der Waals surface area contributed by atoms with Crippen LogP contribution < -0.4 is 10.6 Å². The number of nitrogens with one attached hydrogen (secondary N) is 2. The third-order valence-corrected chi connectivity index (χ3v) is 7.23. The first kappa shape index (κ1) is 20.4. The molecule has 4 bridgehead atoms. The van der Waals surface area contributed by atoms with Gasteiger partial charge in [-0.15, -0.1) is 0 Å². The van der Waals surface area contributed by atoms with E-state index in [1.165, 1.54) is 38.5 Å². The van der Waals surface area contributed by atoms with Gasteiger partial charge in [0.05, 0.1) is 12.6 Å². The van der Waals surface area contributed by atoms with Crippen molar-refractivity contribution < 1.29 is 9.59 Å². The summed E-state index contributed by atoms with van der Waals surface area (Å²) < 4.78 is 0. The fourth-order valence-electron chi connectivity index (χ4n) is 6.62. The summed E-state index contributed by atoms with van der Waals surface area (Å²) in [7, 11) is 3.99. The van der Waals surface area contributed by atoms with Gasteiger partial charge in [0.15, 0.2) is 0 Å². The number of hydrogen-bond donors (Lipinski definition) is 2. The molecule has 5 rings (SSSR count). The summed E-state index contributed by atoms with van der Waals surface area (Å²) in [5.74, 6) is 2.45. The van der Waals surface area contributed by atoms with Gasteiger partial charge in [-0.25, -0.2) is 0 Å². The van der Waals surface area contributed by atoms with Crippen molar-refractivity contribution in [2.75, 3.05) is 27.2 Å². The van der Waals surface area contributed by atoms with E-state index in [9.17, 15) is 9.59 Å². The highest BCUT2D eigenvalue weighted by atomic mass is 16.2.